The Labute approximate surface area is 337 Å². The highest BCUT2D eigenvalue weighted by Crippen LogP contribution is 2.16. The lowest BCUT2D eigenvalue weighted by Gasteiger charge is -2.26. The van der Waals surface area contributed by atoms with Crippen LogP contribution >= 0.6 is 0 Å². The van der Waals surface area contributed by atoms with Crippen LogP contribution < -0.4 is 5.32 Å². The van der Waals surface area contributed by atoms with Gasteiger partial charge in [0.05, 0.1) is 18.8 Å². The van der Waals surface area contributed by atoms with Crippen molar-refractivity contribution < 1.29 is 20.1 Å². The monoisotopic (exact) mass is 762 g/mol. The summed E-state index contributed by atoms with van der Waals surface area (Å²) in [6, 6.07) is -0.828. The first-order chi connectivity index (χ1) is 26.6. The van der Waals surface area contributed by atoms with Crippen molar-refractivity contribution in [2.75, 3.05) is 6.61 Å². The number of carbonyl (C=O) groups is 1. The highest BCUT2D eigenvalue weighted by molar-refractivity contribution is 5.76. The van der Waals surface area contributed by atoms with E-state index in [9.17, 15) is 20.1 Å². The third-order valence-electron chi connectivity index (χ3n) is 11.3. The van der Waals surface area contributed by atoms with E-state index in [1.54, 1.807) is 0 Å². The van der Waals surface area contributed by atoms with Crippen LogP contribution in [-0.2, 0) is 4.79 Å². The summed E-state index contributed by atoms with van der Waals surface area (Å²) in [4.78, 5) is 12.4. The minimum Gasteiger partial charge on any atom is -0.394 e. The van der Waals surface area contributed by atoms with Gasteiger partial charge in [0.25, 0.3) is 0 Å². The van der Waals surface area contributed by atoms with Gasteiger partial charge in [0.15, 0.2) is 0 Å². The summed E-state index contributed by atoms with van der Waals surface area (Å²) in [5.74, 6) is -0.161. The van der Waals surface area contributed by atoms with Crippen molar-refractivity contribution in [3.8, 4) is 0 Å². The van der Waals surface area contributed by atoms with Crippen LogP contribution in [0.1, 0.15) is 258 Å². The van der Waals surface area contributed by atoms with Crippen molar-refractivity contribution >= 4 is 5.91 Å². The van der Waals surface area contributed by atoms with E-state index in [1.807, 2.05) is 0 Å². The zero-order chi connectivity index (χ0) is 39.4. The van der Waals surface area contributed by atoms with Gasteiger partial charge in [0.2, 0.25) is 5.91 Å². The summed E-state index contributed by atoms with van der Waals surface area (Å²) >= 11 is 0. The Morgan fingerprint density at radius 3 is 1.07 bits per heavy atom. The van der Waals surface area contributed by atoms with Gasteiger partial charge in [-0.05, 0) is 64.2 Å². The second-order valence-electron chi connectivity index (χ2n) is 16.7. The Morgan fingerprint density at radius 2 is 0.741 bits per heavy atom. The lowest BCUT2D eigenvalue weighted by atomic mass is 10.0. The molecule has 0 aromatic carbocycles. The maximum Gasteiger partial charge on any atom is 0.220 e. The minimum atomic E-state index is -1.16. The average molecular weight is 762 g/mol. The topological polar surface area (TPSA) is 89.8 Å². The van der Waals surface area contributed by atoms with Crippen molar-refractivity contribution in [2.45, 2.75) is 276 Å². The third kappa shape index (κ3) is 39.1. The molecule has 0 aliphatic carbocycles. The van der Waals surface area contributed by atoms with E-state index in [1.165, 1.54) is 186 Å². The smallest absolute Gasteiger partial charge is 0.220 e. The molecule has 0 aromatic heterocycles. The van der Waals surface area contributed by atoms with Crippen LogP contribution in [0.15, 0.2) is 24.3 Å². The van der Waals surface area contributed by atoms with Gasteiger partial charge in [0, 0.05) is 6.42 Å². The average Bonchev–Trinajstić information content (AvgIpc) is 3.18. The Balaban J connectivity index is 3.61. The quantitative estimate of drug-likeness (QED) is 0.0368. The van der Waals surface area contributed by atoms with Crippen LogP contribution in [0.3, 0.4) is 0 Å². The zero-order valence-corrected chi connectivity index (χ0v) is 36.4. The summed E-state index contributed by atoms with van der Waals surface area (Å²) in [6.07, 6.45) is 54.5. The summed E-state index contributed by atoms with van der Waals surface area (Å²) < 4.78 is 0. The Kier molecular flexibility index (Phi) is 43.6. The second kappa shape index (κ2) is 44.5. The van der Waals surface area contributed by atoms with Crippen molar-refractivity contribution in [2.24, 2.45) is 0 Å². The van der Waals surface area contributed by atoms with Crippen molar-refractivity contribution in [1.29, 1.82) is 0 Å². The number of rotatable bonds is 44. The van der Waals surface area contributed by atoms with E-state index in [0.717, 1.165) is 44.9 Å². The van der Waals surface area contributed by atoms with Crippen LogP contribution in [0.5, 0.6) is 0 Å². The maximum atomic E-state index is 12.4. The molecule has 0 radical (unpaired) electrons. The maximum absolute atomic E-state index is 12.4. The fourth-order valence-corrected chi connectivity index (χ4v) is 7.51. The first-order valence-electron chi connectivity index (χ1n) is 24.1. The first-order valence-corrected chi connectivity index (χ1v) is 24.1. The molecule has 3 atom stereocenters. The van der Waals surface area contributed by atoms with Gasteiger partial charge >= 0.3 is 0 Å². The van der Waals surface area contributed by atoms with Gasteiger partial charge in [-0.3, -0.25) is 4.79 Å². The van der Waals surface area contributed by atoms with E-state index in [0.29, 0.717) is 12.8 Å². The molecular weight excluding hydrogens is 667 g/mol. The van der Waals surface area contributed by atoms with Crippen LogP contribution in [0.25, 0.3) is 0 Å². The second-order valence-corrected chi connectivity index (χ2v) is 16.7. The molecule has 0 bridgehead atoms. The molecule has 0 fully saturated rings. The fourth-order valence-electron chi connectivity index (χ4n) is 7.51. The number of aliphatic hydroxyl groups excluding tert-OH is 3. The molecule has 4 N–H and O–H groups in total. The molecule has 0 aliphatic heterocycles. The number of hydrogen-bond acceptors (Lipinski definition) is 4. The highest BCUT2D eigenvalue weighted by Gasteiger charge is 2.26. The van der Waals surface area contributed by atoms with Gasteiger partial charge in [-0.1, -0.05) is 212 Å². The molecule has 0 heterocycles. The van der Waals surface area contributed by atoms with Crippen LogP contribution in [0.2, 0.25) is 0 Å². The molecule has 0 saturated carbocycles. The van der Waals surface area contributed by atoms with E-state index in [-0.39, 0.29) is 12.5 Å². The molecule has 0 aliphatic rings. The molecule has 5 nitrogen and oxygen atoms in total. The molecule has 0 aromatic rings. The summed E-state index contributed by atoms with van der Waals surface area (Å²) in [5.41, 5.74) is 0. The van der Waals surface area contributed by atoms with Crippen molar-refractivity contribution in [3.05, 3.63) is 24.3 Å². The van der Waals surface area contributed by atoms with Crippen molar-refractivity contribution in [3.63, 3.8) is 0 Å². The first kappa shape index (κ1) is 52.8. The fraction of sp³-hybridized carbons (Fsp3) is 0.898. The van der Waals surface area contributed by atoms with Gasteiger partial charge in [-0.25, -0.2) is 0 Å². The van der Waals surface area contributed by atoms with E-state index < -0.39 is 18.2 Å². The van der Waals surface area contributed by atoms with E-state index in [2.05, 4.69) is 43.5 Å². The van der Waals surface area contributed by atoms with Crippen molar-refractivity contribution in [1.82, 2.24) is 5.32 Å². The van der Waals surface area contributed by atoms with Crippen LogP contribution in [0.4, 0.5) is 0 Å². The lowest BCUT2D eigenvalue weighted by Crippen LogP contribution is -2.50. The number of nitrogens with one attached hydrogen (secondary N) is 1. The minimum absolute atomic E-state index is 0.161. The van der Waals surface area contributed by atoms with E-state index >= 15 is 0 Å². The van der Waals surface area contributed by atoms with Gasteiger partial charge < -0.3 is 20.6 Å². The largest absolute Gasteiger partial charge is 0.394 e. The van der Waals surface area contributed by atoms with Gasteiger partial charge in [0.1, 0.15) is 6.10 Å². The molecule has 0 saturated heterocycles. The number of carbonyl (C=O) groups excluding carboxylic acids is 1. The molecular formula is C49H95NO4. The molecule has 1 amide bonds. The Hall–Kier alpha value is -1.17. The predicted molar refractivity (Wildman–Crippen MR) is 236 cm³/mol. The number of aliphatic hydroxyl groups is 3. The Morgan fingerprint density at radius 1 is 0.444 bits per heavy atom. The van der Waals surface area contributed by atoms with Gasteiger partial charge in [-0.2, -0.15) is 0 Å². The number of amides is 1. The number of allylic oxidation sites excluding steroid dienone is 4. The lowest BCUT2D eigenvalue weighted by molar-refractivity contribution is -0.124. The zero-order valence-electron chi connectivity index (χ0n) is 36.4. The highest BCUT2D eigenvalue weighted by atomic mass is 16.3. The number of unbranched alkanes of at least 4 members (excludes halogenated alkanes) is 32. The normalized spacial score (nSPS) is 13.6. The predicted octanol–water partition coefficient (Wildman–Crippen LogP) is 14.2. The van der Waals surface area contributed by atoms with Crippen LogP contribution in [-0.4, -0.2) is 46.1 Å². The third-order valence-corrected chi connectivity index (χ3v) is 11.3. The molecule has 0 rings (SSSR count). The van der Waals surface area contributed by atoms with Crippen LogP contribution in [0, 0.1) is 0 Å². The molecule has 3 unspecified atom stereocenters. The summed E-state index contributed by atoms with van der Waals surface area (Å²) in [6.45, 7) is 4.18. The summed E-state index contributed by atoms with van der Waals surface area (Å²) in [7, 11) is 0. The SMILES string of the molecule is CCCCCCCCC/C=C\CCCCCCCC(=O)NC(CO)C(O)C(O)CCC/C=C/CCCCCCCCCCCCCCCCCCCCC. The molecule has 5 heteroatoms. The Bertz CT molecular complexity index is 799. The molecule has 0 spiro atoms. The standard InChI is InChI=1S/C49H95NO4/c1-3-5-7-9-11-13-15-17-19-21-22-23-24-25-26-27-28-29-31-33-35-37-39-41-43-47(52)49(54)46(45-51)50-48(53)44-42-40-38-36-34-32-30-20-18-16-14-12-10-8-6-4-2/h20,30,35,37,46-47,49,51-52,54H,3-19,21-29,31-34,36,38-45H2,1-2H3,(H,50,53)/b30-20-,37-35+. The van der Waals surface area contributed by atoms with Gasteiger partial charge in [-0.15, -0.1) is 0 Å². The van der Waals surface area contributed by atoms with E-state index in [4.69, 9.17) is 0 Å². The number of hydrogen-bond donors (Lipinski definition) is 4. The molecule has 320 valence electrons. The summed E-state index contributed by atoms with van der Waals surface area (Å²) in [5, 5.41) is 33.6. The molecule has 54 heavy (non-hydrogen) atoms.